The Labute approximate surface area is 111 Å². The first kappa shape index (κ1) is 13.3. The maximum Gasteiger partial charge on any atom is 0.0445 e. The largest absolute Gasteiger partial charge is 0.371 e. The van der Waals surface area contributed by atoms with E-state index in [2.05, 4.69) is 42.0 Å². The molecule has 1 fully saturated rings. The first-order valence-electron chi connectivity index (χ1n) is 7.10. The van der Waals surface area contributed by atoms with Crippen molar-refractivity contribution in [2.75, 3.05) is 18.0 Å². The lowest BCUT2D eigenvalue weighted by molar-refractivity contribution is 0.565. The predicted octanol–water partition coefficient (Wildman–Crippen LogP) is 2.88. The van der Waals surface area contributed by atoms with Crippen molar-refractivity contribution in [3.8, 4) is 0 Å². The van der Waals surface area contributed by atoms with Crippen LogP contribution in [0.25, 0.3) is 0 Å². The van der Waals surface area contributed by atoms with Gasteiger partial charge in [-0.15, -0.1) is 0 Å². The second-order valence-corrected chi connectivity index (χ2v) is 5.54. The Bertz CT molecular complexity index is 381. The number of hydrogen-bond acceptors (Lipinski definition) is 3. The lowest BCUT2D eigenvalue weighted by atomic mass is 10.1. The fourth-order valence-electron chi connectivity index (χ4n) is 2.45. The lowest BCUT2D eigenvalue weighted by Gasteiger charge is -2.31. The van der Waals surface area contributed by atoms with Gasteiger partial charge in [0.2, 0.25) is 0 Å². The summed E-state index contributed by atoms with van der Waals surface area (Å²) in [7, 11) is 0. The van der Waals surface area contributed by atoms with Crippen LogP contribution in [0.3, 0.4) is 0 Å². The molecular formula is C15H25N3. The molecule has 0 bridgehead atoms. The summed E-state index contributed by atoms with van der Waals surface area (Å²) in [5, 5.41) is 3.49. The van der Waals surface area contributed by atoms with E-state index < -0.39 is 0 Å². The van der Waals surface area contributed by atoms with Gasteiger partial charge in [-0.05, 0) is 32.3 Å². The average molecular weight is 247 g/mol. The van der Waals surface area contributed by atoms with Gasteiger partial charge in [0, 0.05) is 48.8 Å². The first-order chi connectivity index (χ1) is 8.66. The van der Waals surface area contributed by atoms with E-state index in [1.54, 1.807) is 0 Å². The third-order valence-electron chi connectivity index (χ3n) is 3.50. The third kappa shape index (κ3) is 3.45. The van der Waals surface area contributed by atoms with E-state index in [9.17, 15) is 0 Å². The number of hydrogen-bond donors (Lipinski definition) is 1. The molecule has 0 unspecified atom stereocenters. The van der Waals surface area contributed by atoms with Crippen molar-refractivity contribution in [3.05, 3.63) is 23.5 Å². The summed E-state index contributed by atoms with van der Waals surface area (Å²) in [5.41, 5.74) is 3.83. The normalized spacial score (nSPS) is 16.3. The number of anilines is 1. The van der Waals surface area contributed by atoms with Crippen LogP contribution in [0.1, 0.15) is 44.4 Å². The van der Waals surface area contributed by atoms with Crippen LogP contribution in [0.15, 0.2) is 12.3 Å². The Balaban J connectivity index is 2.16. The van der Waals surface area contributed by atoms with E-state index in [-0.39, 0.29) is 0 Å². The molecule has 0 saturated carbocycles. The van der Waals surface area contributed by atoms with Gasteiger partial charge in [0.15, 0.2) is 0 Å². The van der Waals surface area contributed by atoms with Crippen LogP contribution in [0.2, 0.25) is 0 Å². The number of rotatable bonds is 4. The molecule has 0 atom stereocenters. The quantitative estimate of drug-likeness (QED) is 0.886. The van der Waals surface area contributed by atoms with E-state index >= 15 is 0 Å². The maximum absolute atomic E-state index is 4.45. The average Bonchev–Trinajstić information content (AvgIpc) is 2.38. The standard InChI is InChI=1S/C15H25N3/c1-12(2)16-10-14-11-17-13(3)9-15(14)18-7-5-4-6-8-18/h9,11-12,16H,4-8,10H2,1-3H3. The van der Waals surface area contributed by atoms with Crippen LogP contribution in [0.4, 0.5) is 5.69 Å². The molecule has 2 heterocycles. The summed E-state index contributed by atoms with van der Waals surface area (Å²) in [6.07, 6.45) is 6.05. The maximum atomic E-state index is 4.45. The van der Waals surface area contributed by atoms with Gasteiger partial charge in [-0.1, -0.05) is 13.8 Å². The molecule has 1 N–H and O–H groups in total. The molecule has 1 aromatic rings. The molecule has 3 nitrogen and oxygen atoms in total. The van der Waals surface area contributed by atoms with Crippen LogP contribution < -0.4 is 10.2 Å². The zero-order valence-electron chi connectivity index (χ0n) is 11.9. The van der Waals surface area contributed by atoms with Crippen LogP contribution in [-0.2, 0) is 6.54 Å². The Hall–Kier alpha value is -1.09. The highest BCUT2D eigenvalue weighted by molar-refractivity contribution is 5.53. The number of piperidine rings is 1. The van der Waals surface area contributed by atoms with Gasteiger partial charge in [-0.3, -0.25) is 4.98 Å². The summed E-state index contributed by atoms with van der Waals surface area (Å²) in [6, 6.07) is 2.75. The molecule has 0 radical (unpaired) electrons. The summed E-state index contributed by atoms with van der Waals surface area (Å²) in [5.74, 6) is 0. The van der Waals surface area contributed by atoms with Gasteiger partial charge in [0.25, 0.3) is 0 Å². The van der Waals surface area contributed by atoms with Crippen molar-refractivity contribution >= 4 is 5.69 Å². The second kappa shape index (κ2) is 6.19. The van der Waals surface area contributed by atoms with Gasteiger partial charge in [-0.25, -0.2) is 0 Å². The molecular weight excluding hydrogens is 222 g/mol. The zero-order valence-corrected chi connectivity index (χ0v) is 11.9. The van der Waals surface area contributed by atoms with E-state index in [1.807, 2.05) is 6.20 Å². The molecule has 0 spiro atoms. The molecule has 1 saturated heterocycles. The van der Waals surface area contributed by atoms with Crippen LogP contribution in [0.5, 0.6) is 0 Å². The molecule has 1 aliphatic rings. The molecule has 0 amide bonds. The van der Waals surface area contributed by atoms with Gasteiger partial charge in [0.1, 0.15) is 0 Å². The van der Waals surface area contributed by atoms with Gasteiger partial charge < -0.3 is 10.2 Å². The zero-order chi connectivity index (χ0) is 13.0. The highest BCUT2D eigenvalue weighted by Crippen LogP contribution is 2.24. The fourth-order valence-corrected chi connectivity index (χ4v) is 2.45. The van der Waals surface area contributed by atoms with Gasteiger partial charge in [-0.2, -0.15) is 0 Å². The highest BCUT2D eigenvalue weighted by atomic mass is 15.1. The minimum absolute atomic E-state index is 0.514. The predicted molar refractivity (Wildman–Crippen MR) is 77.0 cm³/mol. The number of pyridine rings is 1. The molecule has 3 heteroatoms. The molecule has 0 aliphatic carbocycles. The summed E-state index contributed by atoms with van der Waals surface area (Å²) in [6.45, 7) is 9.74. The minimum atomic E-state index is 0.514. The van der Waals surface area contributed by atoms with E-state index in [1.165, 1.54) is 43.6 Å². The van der Waals surface area contributed by atoms with Crippen molar-refractivity contribution in [3.63, 3.8) is 0 Å². The van der Waals surface area contributed by atoms with Gasteiger partial charge >= 0.3 is 0 Å². The lowest BCUT2D eigenvalue weighted by Crippen LogP contribution is -2.31. The summed E-state index contributed by atoms with van der Waals surface area (Å²) < 4.78 is 0. The van der Waals surface area contributed by atoms with Crippen molar-refractivity contribution in [2.24, 2.45) is 0 Å². The van der Waals surface area contributed by atoms with E-state index in [0.29, 0.717) is 6.04 Å². The Kier molecular flexibility index (Phi) is 4.59. The molecule has 1 aromatic heterocycles. The third-order valence-corrected chi connectivity index (χ3v) is 3.50. The van der Waals surface area contributed by atoms with E-state index in [4.69, 9.17) is 0 Å². The number of nitrogens with one attached hydrogen (secondary N) is 1. The highest BCUT2D eigenvalue weighted by Gasteiger charge is 2.15. The van der Waals surface area contributed by atoms with Crippen LogP contribution >= 0.6 is 0 Å². The molecule has 2 rings (SSSR count). The van der Waals surface area contributed by atoms with Crippen LogP contribution in [0, 0.1) is 6.92 Å². The van der Waals surface area contributed by atoms with Crippen molar-refractivity contribution in [1.82, 2.24) is 10.3 Å². The van der Waals surface area contributed by atoms with E-state index in [0.717, 1.165) is 12.2 Å². The van der Waals surface area contributed by atoms with Crippen molar-refractivity contribution in [1.29, 1.82) is 0 Å². The molecule has 1 aliphatic heterocycles. The van der Waals surface area contributed by atoms with Crippen molar-refractivity contribution in [2.45, 2.75) is 52.6 Å². The Morgan fingerprint density at radius 3 is 2.67 bits per heavy atom. The fraction of sp³-hybridized carbons (Fsp3) is 0.667. The van der Waals surface area contributed by atoms with Crippen molar-refractivity contribution < 1.29 is 0 Å². The first-order valence-corrected chi connectivity index (χ1v) is 7.10. The second-order valence-electron chi connectivity index (χ2n) is 5.54. The molecule has 100 valence electrons. The molecule has 18 heavy (non-hydrogen) atoms. The number of aryl methyl sites for hydroxylation is 1. The topological polar surface area (TPSA) is 28.2 Å². The van der Waals surface area contributed by atoms with Crippen LogP contribution in [-0.4, -0.2) is 24.1 Å². The number of nitrogens with zero attached hydrogens (tertiary/aromatic N) is 2. The molecule has 0 aromatic carbocycles. The monoisotopic (exact) mass is 247 g/mol. The number of aromatic nitrogens is 1. The Morgan fingerprint density at radius 1 is 1.28 bits per heavy atom. The summed E-state index contributed by atoms with van der Waals surface area (Å²) >= 11 is 0. The smallest absolute Gasteiger partial charge is 0.0445 e. The Morgan fingerprint density at radius 2 is 2.00 bits per heavy atom. The summed E-state index contributed by atoms with van der Waals surface area (Å²) in [4.78, 5) is 6.97. The minimum Gasteiger partial charge on any atom is -0.371 e. The van der Waals surface area contributed by atoms with Gasteiger partial charge in [0.05, 0.1) is 0 Å². The SMILES string of the molecule is Cc1cc(N2CCCCC2)c(CNC(C)C)cn1.